The van der Waals surface area contributed by atoms with Gasteiger partial charge in [-0.2, -0.15) is 0 Å². The maximum absolute atomic E-state index is 5.79. The number of hydrogen-bond acceptors (Lipinski definition) is 5. The summed E-state index contributed by atoms with van der Waals surface area (Å²) in [6.45, 7) is 16.3. The van der Waals surface area contributed by atoms with Gasteiger partial charge in [-0.05, 0) is 33.1 Å². The molecule has 1 aliphatic rings. The minimum Gasteiger partial charge on any atom is -0.373 e. The molecule has 2 rings (SSSR count). The van der Waals surface area contributed by atoms with Gasteiger partial charge in [-0.3, -0.25) is 4.90 Å². The summed E-state index contributed by atoms with van der Waals surface area (Å²) >= 11 is 1.69. The third-order valence-electron chi connectivity index (χ3n) is 4.32. The van der Waals surface area contributed by atoms with Gasteiger partial charge in [-0.1, -0.05) is 13.8 Å². The van der Waals surface area contributed by atoms with Crippen LogP contribution in [0.3, 0.4) is 0 Å². The molecule has 0 aliphatic carbocycles. The highest BCUT2D eigenvalue weighted by Gasteiger charge is 2.21. The number of ether oxygens (including phenoxy) is 1. The van der Waals surface area contributed by atoms with E-state index in [4.69, 9.17) is 4.74 Å². The van der Waals surface area contributed by atoms with Crippen LogP contribution in [0.5, 0.6) is 0 Å². The average molecular weight is 510 g/mol. The Balaban J connectivity index is 0.00000364. The average Bonchev–Trinajstić information content (AvgIpc) is 3.05. The Labute approximate surface area is 185 Å². The summed E-state index contributed by atoms with van der Waals surface area (Å²) in [7, 11) is 0. The highest BCUT2D eigenvalue weighted by molar-refractivity contribution is 14.0. The molecule has 8 heteroatoms. The third kappa shape index (κ3) is 9.06. The van der Waals surface area contributed by atoms with Crippen LogP contribution in [0.15, 0.2) is 10.4 Å². The molecule has 0 saturated carbocycles. The SMILES string of the molecule is CCNC(=NCc1nc(C(C)C)cs1)NCCCN1CC(C)OC(C)C1.I. The van der Waals surface area contributed by atoms with E-state index in [0.29, 0.717) is 24.7 Å². The van der Waals surface area contributed by atoms with Crippen LogP contribution >= 0.6 is 35.3 Å². The lowest BCUT2D eigenvalue weighted by atomic mass is 10.2. The van der Waals surface area contributed by atoms with E-state index in [9.17, 15) is 0 Å². The number of aromatic nitrogens is 1. The van der Waals surface area contributed by atoms with Gasteiger partial charge in [0.15, 0.2) is 5.96 Å². The van der Waals surface area contributed by atoms with Gasteiger partial charge in [-0.15, -0.1) is 35.3 Å². The summed E-state index contributed by atoms with van der Waals surface area (Å²) in [5.41, 5.74) is 1.16. The second kappa shape index (κ2) is 12.9. The monoisotopic (exact) mass is 509 g/mol. The topological polar surface area (TPSA) is 61.8 Å². The first-order valence-corrected chi connectivity index (χ1v) is 10.7. The zero-order chi connectivity index (χ0) is 18.9. The molecule has 2 atom stereocenters. The quantitative estimate of drug-likeness (QED) is 0.243. The zero-order valence-electron chi connectivity index (χ0n) is 17.3. The molecule has 1 aromatic heterocycles. The van der Waals surface area contributed by atoms with Gasteiger partial charge in [0.25, 0.3) is 0 Å². The van der Waals surface area contributed by atoms with Crippen LogP contribution in [0, 0.1) is 0 Å². The van der Waals surface area contributed by atoms with Crippen LogP contribution in [0.1, 0.15) is 57.7 Å². The van der Waals surface area contributed by atoms with E-state index in [-0.39, 0.29) is 24.0 Å². The van der Waals surface area contributed by atoms with E-state index in [1.807, 2.05) is 0 Å². The molecule has 1 fully saturated rings. The minimum atomic E-state index is 0. The van der Waals surface area contributed by atoms with E-state index >= 15 is 0 Å². The van der Waals surface area contributed by atoms with Crippen molar-refractivity contribution in [3.05, 3.63) is 16.1 Å². The molecule has 156 valence electrons. The fourth-order valence-corrected chi connectivity index (χ4v) is 4.01. The minimum absolute atomic E-state index is 0. The van der Waals surface area contributed by atoms with Crippen molar-refractivity contribution in [3.8, 4) is 0 Å². The van der Waals surface area contributed by atoms with Crippen molar-refractivity contribution in [2.75, 3.05) is 32.7 Å². The van der Waals surface area contributed by atoms with Gasteiger partial charge in [0.2, 0.25) is 0 Å². The molecule has 0 radical (unpaired) electrons. The second-order valence-corrected chi connectivity index (χ2v) is 8.26. The highest BCUT2D eigenvalue weighted by Crippen LogP contribution is 2.18. The number of guanidine groups is 1. The molecule has 1 saturated heterocycles. The predicted octanol–water partition coefficient (Wildman–Crippen LogP) is 3.44. The molecule has 0 bridgehead atoms. The molecule has 2 unspecified atom stereocenters. The molecular weight excluding hydrogens is 473 g/mol. The lowest BCUT2D eigenvalue weighted by Gasteiger charge is -2.35. The van der Waals surface area contributed by atoms with E-state index < -0.39 is 0 Å². The fraction of sp³-hybridized carbons (Fsp3) is 0.789. The third-order valence-corrected chi connectivity index (χ3v) is 5.17. The van der Waals surface area contributed by atoms with Crippen molar-refractivity contribution in [3.63, 3.8) is 0 Å². The molecule has 6 nitrogen and oxygen atoms in total. The van der Waals surface area contributed by atoms with Crippen LogP contribution in [-0.2, 0) is 11.3 Å². The lowest BCUT2D eigenvalue weighted by Crippen LogP contribution is -2.46. The first-order chi connectivity index (χ1) is 12.5. The maximum atomic E-state index is 5.79. The zero-order valence-corrected chi connectivity index (χ0v) is 20.5. The predicted molar refractivity (Wildman–Crippen MR) is 126 cm³/mol. The number of nitrogens with zero attached hydrogens (tertiary/aromatic N) is 3. The Bertz CT molecular complexity index is 556. The number of hydrogen-bond donors (Lipinski definition) is 2. The Morgan fingerprint density at radius 1 is 1.33 bits per heavy atom. The van der Waals surface area contributed by atoms with Crippen molar-refractivity contribution in [1.29, 1.82) is 0 Å². The van der Waals surface area contributed by atoms with Crippen molar-refractivity contribution in [2.45, 2.75) is 65.7 Å². The lowest BCUT2D eigenvalue weighted by molar-refractivity contribution is -0.0679. The van der Waals surface area contributed by atoms with E-state index in [1.165, 1.54) is 0 Å². The van der Waals surface area contributed by atoms with Crippen molar-refractivity contribution >= 4 is 41.3 Å². The summed E-state index contributed by atoms with van der Waals surface area (Å²) in [6, 6.07) is 0. The van der Waals surface area contributed by atoms with Gasteiger partial charge in [0.1, 0.15) is 5.01 Å². The normalized spacial score (nSPS) is 21.2. The van der Waals surface area contributed by atoms with Gasteiger partial charge >= 0.3 is 0 Å². The van der Waals surface area contributed by atoms with Crippen molar-refractivity contribution < 1.29 is 4.74 Å². The van der Waals surface area contributed by atoms with Crippen LogP contribution in [-0.4, -0.2) is 60.8 Å². The number of morpholine rings is 1. The molecule has 1 aliphatic heterocycles. The van der Waals surface area contributed by atoms with E-state index in [1.54, 1.807) is 11.3 Å². The molecule has 1 aromatic rings. The van der Waals surface area contributed by atoms with Crippen molar-refractivity contribution in [2.24, 2.45) is 4.99 Å². The van der Waals surface area contributed by atoms with Crippen LogP contribution in [0.25, 0.3) is 0 Å². The van der Waals surface area contributed by atoms with Gasteiger partial charge in [0, 0.05) is 38.1 Å². The summed E-state index contributed by atoms with van der Waals surface area (Å²) in [5.74, 6) is 1.35. The smallest absolute Gasteiger partial charge is 0.191 e. The van der Waals surface area contributed by atoms with E-state index in [2.05, 4.69) is 65.5 Å². The number of nitrogens with one attached hydrogen (secondary N) is 2. The van der Waals surface area contributed by atoms with Crippen LogP contribution in [0.2, 0.25) is 0 Å². The molecule has 2 heterocycles. The first-order valence-electron chi connectivity index (χ1n) is 9.82. The molecule has 0 amide bonds. The summed E-state index contributed by atoms with van der Waals surface area (Å²) in [5, 5.41) is 9.97. The Hall–Kier alpha value is -0.450. The Kier molecular flexibility index (Phi) is 11.7. The molecule has 0 spiro atoms. The summed E-state index contributed by atoms with van der Waals surface area (Å²) < 4.78 is 5.79. The largest absolute Gasteiger partial charge is 0.373 e. The Morgan fingerprint density at radius 3 is 2.63 bits per heavy atom. The molecular formula is C19H36IN5OS. The highest BCUT2D eigenvalue weighted by atomic mass is 127. The van der Waals surface area contributed by atoms with Gasteiger partial charge in [0.05, 0.1) is 24.4 Å². The summed E-state index contributed by atoms with van der Waals surface area (Å²) in [6.07, 6.45) is 1.76. The van der Waals surface area contributed by atoms with Crippen molar-refractivity contribution in [1.82, 2.24) is 20.5 Å². The van der Waals surface area contributed by atoms with Gasteiger partial charge < -0.3 is 15.4 Å². The number of aliphatic imine (C=N–C) groups is 1. The van der Waals surface area contributed by atoms with E-state index in [0.717, 1.165) is 55.8 Å². The summed E-state index contributed by atoms with van der Waals surface area (Å²) in [4.78, 5) is 11.8. The standard InChI is InChI=1S/C19H35N5OS.HI/c1-6-20-19(22-10-18-23-17(13-26-18)14(2)3)21-8-7-9-24-11-15(4)25-16(5)12-24;/h13-16H,6-12H2,1-5H3,(H2,20,21,22);1H. The molecule has 27 heavy (non-hydrogen) atoms. The maximum Gasteiger partial charge on any atom is 0.191 e. The Morgan fingerprint density at radius 2 is 2.04 bits per heavy atom. The molecule has 2 N–H and O–H groups in total. The first kappa shape index (κ1) is 24.6. The number of rotatable bonds is 8. The van der Waals surface area contributed by atoms with Crippen LogP contribution in [0.4, 0.5) is 0 Å². The number of thiazole rings is 1. The molecule has 0 aromatic carbocycles. The number of halogens is 1. The fourth-order valence-electron chi connectivity index (χ4n) is 3.13. The second-order valence-electron chi connectivity index (χ2n) is 7.31. The van der Waals surface area contributed by atoms with Gasteiger partial charge in [-0.25, -0.2) is 9.98 Å². The van der Waals surface area contributed by atoms with Crippen LogP contribution < -0.4 is 10.6 Å².